The molecule has 8 nitrogen and oxygen atoms in total. The molecule has 1 fully saturated rings. The monoisotopic (exact) mass is 349 g/mol. The number of morpholine rings is 1. The molecule has 4 N–H and O–H groups in total. The molecule has 1 aliphatic rings. The Kier molecular flexibility index (Phi) is 8.00. The van der Waals surface area contributed by atoms with Gasteiger partial charge in [-0.05, 0) is 30.7 Å². The number of nitrogens with two attached hydrogens (primary N) is 1. The minimum atomic E-state index is -0.490. The average Bonchev–Trinajstić information content (AvgIpc) is 2.65. The lowest BCUT2D eigenvalue weighted by Gasteiger charge is -2.26. The average molecular weight is 349 g/mol. The summed E-state index contributed by atoms with van der Waals surface area (Å²) in [5.74, 6) is 0.443. The number of hydrogen-bond acceptors (Lipinski definition) is 5. The lowest BCUT2D eigenvalue weighted by Crippen LogP contribution is -2.39. The van der Waals surface area contributed by atoms with Gasteiger partial charge in [0.1, 0.15) is 0 Å². The molecule has 25 heavy (non-hydrogen) atoms. The first-order valence-electron chi connectivity index (χ1n) is 8.45. The molecule has 1 aliphatic heterocycles. The van der Waals surface area contributed by atoms with Crippen LogP contribution in [0, 0.1) is 0 Å². The maximum absolute atomic E-state index is 11.1. The second-order valence-corrected chi connectivity index (χ2v) is 5.75. The highest BCUT2D eigenvalue weighted by Crippen LogP contribution is 2.10. The molecule has 0 aromatic heterocycles. The summed E-state index contributed by atoms with van der Waals surface area (Å²) in [5.41, 5.74) is 7.57. The van der Waals surface area contributed by atoms with Crippen molar-refractivity contribution in [3.8, 4) is 0 Å². The summed E-state index contributed by atoms with van der Waals surface area (Å²) in [5, 5.41) is 5.73. The molecule has 1 heterocycles. The van der Waals surface area contributed by atoms with Crippen molar-refractivity contribution in [3.63, 3.8) is 0 Å². The van der Waals surface area contributed by atoms with Crippen LogP contribution in [-0.2, 0) is 16.0 Å². The summed E-state index contributed by atoms with van der Waals surface area (Å²) < 4.78 is 9.87. The van der Waals surface area contributed by atoms with Gasteiger partial charge in [0.25, 0.3) is 0 Å². The van der Waals surface area contributed by atoms with Crippen molar-refractivity contribution in [3.05, 3.63) is 29.8 Å². The second kappa shape index (κ2) is 10.5. The molecule has 1 aromatic carbocycles. The zero-order valence-corrected chi connectivity index (χ0v) is 14.7. The number of hydrogen-bond donors (Lipinski definition) is 3. The molecule has 1 aromatic rings. The van der Waals surface area contributed by atoms with Crippen molar-refractivity contribution < 1.29 is 14.3 Å². The standard InChI is InChI=1S/C17H27N5O3/c1-24-17(23)21-15-5-3-14(4-6-15)13-20-16(18)19-7-2-8-22-9-11-25-12-10-22/h3-6H,2,7-13H2,1H3,(H,21,23)(H3,18,19,20). The number of rotatable bonds is 7. The number of ether oxygens (including phenoxy) is 2. The van der Waals surface area contributed by atoms with Gasteiger partial charge in [-0.2, -0.15) is 0 Å². The van der Waals surface area contributed by atoms with Gasteiger partial charge < -0.3 is 20.5 Å². The fourth-order valence-corrected chi connectivity index (χ4v) is 2.44. The predicted molar refractivity (Wildman–Crippen MR) is 97.7 cm³/mol. The van der Waals surface area contributed by atoms with Gasteiger partial charge in [0.05, 0.1) is 26.9 Å². The van der Waals surface area contributed by atoms with Gasteiger partial charge in [0.2, 0.25) is 0 Å². The highest BCUT2D eigenvalue weighted by molar-refractivity contribution is 5.84. The minimum Gasteiger partial charge on any atom is -0.453 e. The third kappa shape index (κ3) is 7.40. The zero-order valence-electron chi connectivity index (χ0n) is 14.7. The van der Waals surface area contributed by atoms with E-state index in [0.29, 0.717) is 18.2 Å². The van der Waals surface area contributed by atoms with E-state index in [9.17, 15) is 4.79 Å². The Labute approximate surface area is 148 Å². The summed E-state index contributed by atoms with van der Waals surface area (Å²) in [6.07, 6.45) is 0.528. The molecule has 1 saturated heterocycles. The van der Waals surface area contributed by atoms with E-state index < -0.39 is 6.09 Å². The van der Waals surface area contributed by atoms with E-state index in [1.54, 1.807) is 12.1 Å². The summed E-state index contributed by atoms with van der Waals surface area (Å²) >= 11 is 0. The molecule has 0 atom stereocenters. The summed E-state index contributed by atoms with van der Waals surface area (Å²) in [7, 11) is 1.33. The minimum absolute atomic E-state index is 0.443. The first-order valence-corrected chi connectivity index (χ1v) is 8.45. The van der Waals surface area contributed by atoms with Crippen molar-refractivity contribution in [2.75, 3.05) is 51.8 Å². The summed E-state index contributed by atoms with van der Waals surface area (Å²) in [4.78, 5) is 17.8. The third-order valence-electron chi connectivity index (χ3n) is 3.88. The van der Waals surface area contributed by atoms with E-state index in [1.165, 1.54) is 7.11 Å². The van der Waals surface area contributed by atoms with Gasteiger partial charge in [0.15, 0.2) is 5.96 Å². The van der Waals surface area contributed by atoms with Crippen LogP contribution in [0.15, 0.2) is 29.3 Å². The van der Waals surface area contributed by atoms with E-state index in [-0.39, 0.29) is 0 Å². The van der Waals surface area contributed by atoms with Crippen LogP contribution in [-0.4, -0.2) is 63.5 Å². The third-order valence-corrected chi connectivity index (χ3v) is 3.88. The van der Waals surface area contributed by atoms with E-state index in [2.05, 4.69) is 25.3 Å². The van der Waals surface area contributed by atoms with Gasteiger partial charge in [0, 0.05) is 25.3 Å². The number of nitrogens with zero attached hydrogens (tertiary/aromatic N) is 2. The molecule has 138 valence electrons. The number of carbonyl (C=O) groups is 1. The van der Waals surface area contributed by atoms with E-state index in [4.69, 9.17) is 10.5 Å². The quantitative estimate of drug-likeness (QED) is 0.386. The number of aliphatic imine (C=N–C) groups is 1. The molecule has 0 aliphatic carbocycles. The highest BCUT2D eigenvalue weighted by atomic mass is 16.5. The van der Waals surface area contributed by atoms with Crippen LogP contribution in [0.5, 0.6) is 0 Å². The second-order valence-electron chi connectivity index (χ2n) is 5.75. The largest absolute Gasteiger partial charge is 0.453 e. The topological polar surface area (TPSA) is 101 Å². The summed E-state index contributed by atoms with van der Waals surface area (Å²) in [6, 6.07) is 7.38. The number of guanidine groups is 1. The number of carbonyl (C=O) groups excluding carboxylic acids is 1. The van der Waals surface area contributed by atoms with E-state index in [1.807, 2.05) is 12.1 Å². The van der Waals surface area contributed by atoms with Gasteiger partial charge in [-0.3, -0.25) is 10.2 Å². The molecular weight excluding hydrogens is 322 g/mol. The molecule has 2 rings (SSSR count). The molecule has 1 amide bonds. The maximum atomic E-state index is 11.1. The van der Waals surface area contributed by atoms with Crippen molar-refractivity contribution in [1.29, 1.82) is 0 Å². The normalized spacial score (nSPS) is 15.6. The van der Waals surface area contributed by atoms with Crippen molar-refractivity contribution in [2.45, 2.75) is 13.0 Å². The number of anilines is 1. The van der Waals surface area contributed by atoms with Crippen molar-refractivity contribution >= 4 is 17.7 Å². The van der Waals surface area contributed by atoms with Gasteiger partial charge in [-0.15, -0.1) is 0 Å². The predicted octanol–water partition coefficient (Wildman–Crippen LogP) is 0.992. The van der Waals surface area contributed by atoms with Gasteiger partial charge in [-0.1, -0.05) is 12.1 Å². The van der Waals surface area contributed by atoms with Crippen LogP contribution in [0.2, 0.25) is 0 Å². The fraction of sp³-hybridized carbons (Fsp3) is 0.529. The molecule has 0 spiro atoms. The lowest BCUT2D eigenvalue weighted by atomic mass is 10.2. The van der Waals surface area contributed by atoms with Crippen LogP contribution in [0.1, 0.15) is 12.0 Å². The van der Waals surface area contributed by atoms with Crippen molar-refractivity contribution in [1.82, 2.24) is 10.2 Å². The van der Waals surface area contributed by atoms with Crippen LogP contribution in [0.25, 0.3) is 0 Å². The molecular formula is C17H27N5O3. The van der Waals surface area contributed by atoms with Crippen LogP contribution < -0.4 is 16.4 Å². The van der Waals surface area contributed by atoms with Crippen LogP contribution >= 0.6 is 0 Å². The van der Waals surface area contributed by atoms with Crippen molar-refractivity contribution in [2.24, 2.45) is 10.7 Å². The Bertz CT molecular complexity index is 556. The van der Waals surface area contributed by atoms with E-state index >= 15 is 0 Å². The van der Waals surface area contributed by atoms with Crippen LogP contribution in [0.4, 0.5) is 10.5 Å². The number of benzene rings is 1. The Balaban J connectivity index is 1.65. The molecule has 0 bridgehead atoms. The molecule has 8 heteroatoms. The number of methoxy groups -OCH3 is 1. The molecule has 0 unspecified atom stereocenters. The maximum Gasteiger partial charge on any atom is 0.411 e. The van der Waals surface area contributed by atoms with Crippen LogP contribution in [0.3, 0.4) is 0 Å². The van der Waals surface area contributed by atoms with E-state index in [0.717, 1.165) is 51.4 Å². The first-order chi connectivity index (χ1) is 12.2. The SMILES string of the molecule is COC(=O)Nc1ccc(CN=C(N)NCCCN2CCOCC2)cc1. The Morgan fingerprint density at radius 2 is 2.04 bits per heavy atom. The first kappa shape index (κ1) is 19.0. The zero-order chi connectivity index (χ0) is 17.9. The number of nitrogens with one attached hydrogen (secondary N) is 2. The smallest absolute Gasteiger partial charge is 0.411 e. The Morgan fingerprint density at radius 3 is 2.72 bits per heavy atom. The van der Waals surface area contributed by atoms with Gasteiger partial charge in [-0.25, -0.2) is 9.79 Å². The highest BCUT2D eigenvalue weighted by Gasteiger charge is 2.09. The lowest BCUT2D eigenvalue weighted by molar-refractivity contribution is 0.0376. The molecule has 0 saturated carbocycles. The summed E-state index contributed by atoms with van der Waals surface area (Å²) in [6.45, 7) is 5.98. The molecule has 0 radical (unpaired) electrons. The Hall–Kier alpha value is -2.32. The fourth-order valence-electron chi connectivity index (χ4n) is 2.44. The Morgan fingerprint density at radius 1 is 1.32 bits per heavy atom. The number of amides is 1. The van der Waals surface area contributed by atoms with Gasteiger partial charge >= 0.3 is 6.09 Å².